The van der Waals surface area contributed by atoms with Crippen molar-refractivity contribution in [3.8, 4) is 11.5 Å². The van der Waals surface area contributed by atoms with Gasteiger partial charge in [0.15, 0.2) is 11.5 Å². The summed E-state index contributed by atoms with van der Waals surface area (Å²) in [7, 11) is 3.34. The van der Waals surface area contributed by atoms with Gasteiger partial charge in [0, 0.05) is 6.04 Å². The third-order valence-corrected chi connectivity index (χ3v) is 3.84. The molecule has 1 rings (SSSR count). The van der Waals surface area contributed by atoms with E-state index in [1.807, 2.05) is 6.07 Å². The Morgan fingerprint density at radius 3 is 2.21 bits per heavy atom. The standard InChI is InChI=1S/C16H27NO2/c1-7-16(3,4)15(17-8-2)12-9-10-13(18-5)14(11-12)19-6/h9-11,15,17H,7-8H2,1-6H3. The Morgan fingerprint density at radius 2 is 1.74 bits per heavy atom. The number of hydrogen-bond donors (Lipinski definition) is 1. The third-order valence-electron chi connectivity index (χ3n) is 3.84. The first-order valence-corrected chi connectivity index (χ1v) is 6.95. The van der Waals surface area contributed by atoms with E-state index in [1.165, 1.54) is 5.56 Å². The minimum atomic E-state index is 0.190. The van der Waals surface area contributed by atoms with Crippen molar-refractivity contribution < 1.29 is 9.47 Å². The second-order valence-electron chi connectivity index (χ2n) is 5.45. The first-order chi connectivity index (χ1) is 9.00. The van der Waals surface area contributed by atoms with Gasteiger partial charge in [0.25, 0.3) is 0 Å². The summed E-state index contributed by atoms with van der Waals surface area (Å²) < 4.78 is 10.7. The van der Waals surface area contributed by atoms with Crippen LogP contribution < -0.4 is 14.8 Å². The molecule has 1 N–H and O–H groups in total. The largest absolute Gasteiger partial charge is 0.493 e. The Kier molecular flexibility index (Phi) is 5.67. The van der Waals surface area contributed by atoms with Crippen molar-refractivity contribution >= 4 is 0 Å². The molecular weight excluding hydrogens is 238 g/mol. The van der Waals surface area contributed by atoms with E-state index >= 15 is 0 Å². The highest BCUT2D eigenvalue weighted by atomic mass is 16.5. The number of rotatable bonds is 7. The van der Waals surface area contributed by atoms with Crippen LogP contribution in [0.3, 0.4) is 0 Å². The van der Waals surface area contributed by atoms with Crippen molar-refractivity contribution in [1.29, 1.82) is 0 Å². The summed E-state index contributed by atoms with van der Waals surface area (Å²) in [5.74, 6) is 1.56. The van der Waals surface area contributed by atoms with Gasteiger partial charge in [-0.2, -0.15) is 0 Å². The Hall–Kier alpha value is -1.22. The lowest BCUT2D eigenvalue weighted by Gasteiger charge is -2.34. The van der Waals surface area contributed by atoms with E-state index in [1.54, 1.807) is 14.2 Å². The van der Waals surface area contributed by atoms with Crippen LogP contribution in [-0.2, 0) is 0 Å². The third kappa shape index (κ3) is 3.63. The molecule has 1 atom stereocenters. The number of benzene rings is 1. The maximum atomic E-state index is 5.40. The molecule has 0 bridgehead atoms. The molecule has 108 valence electrons. The van der Waals surface area contributed by atoms with E-state index in [9.17, 15) is 0 Å². The van der Waals surface area contributed by atoms with Crippen molar-refractivity contribution in [2.24, 2.45) is 5.41 Å². The normalized spacial score (nSPS) is 13.2. The molecule has 0 amide bonds. The molecule has 0 aliphatic heterocycles. The maximum absolute atomic E-state index is 5.40. The van der Waals surface area contributed by atoms with Gasteiger partial charge < -0.3 is 14.8 Å². The fraction of sp³-hybridized carbons (Fsp3) is 0.625. The molecular formula is C16H27NO2. The summed E-state index contributed by atoms with van der Waals surface area (Å²) in [4.78, 5) is 0. The minimum Gasteiger partial charge on any atom is -0.493 e. The van der Waals surface area contributed by atoms with Crippen LogP contribution in [0.15, 0.2) is 18.2 Å². The lowest BCUT2D eigenvalue weighted by molar-refractivity contribution is 0.236. The van der Waals surface area contributed by atoms with Crippen molar-refractivity contribution in [3.05, 3.63) is 23.8 Å². The van der Waals surface area contributed by atoms with E-state index in [-0.39, 0.29) is 5.41 Å². The zero-order chi connectivity index (χ0) is 14.5. The highest BCUT2D eigenvalue weighted by Crippen LogP contribution is 2.39. The predicted molar refractivity (Wildman–Crippen MR) is 80.0 cm³/mol. The lowest BCUT2D eigenvalue weighted by Crippen LogP contribution is -2.33. The zero-order valence-corrected chi connectivity index (χ0v) is 13.0. The molecule has 0 saturated heterocycles. The second-order valence-corrected chi connectivity index (χ2v) is 5.45. The fourth-order valence-electron chi connectivity index (χ4n) is 2.29. The SMILES string of the molecule is CCNC(c1ccc(OC)c(OC)c1)C(C)(C)CC. The molecule has 0 fully saturated rings. The quantitative estimate of drug-likeness (QED) is 0.813. The van der Waals surface area contributed by atoms with Gasteiger partial charge in [0.2, 0.25) is 0 Å². The number of ether oxygens (including phenoxy) is 2. The van der Waals surface area contributed by atoms with Crippen LogP contribution in [0.5, 0.6) is 11.5 Å². The van der Waals surface area contributed by atoms with Crippen LogP contribution in [0.25, 0.3) is 0 Å². The summed E-state index contributed by atoms with van der Waals surface area (Å²) in [6, 6.07) is 6.47. The molecule has 3 nitrogen and oxygen atoms in total. The number of methoxy groups -OCH3 is 2. The topological polar surface area (TPSA) is 30.5 Å². The molecule has 0 aromatic heterocycles. The Balaban J connectivity index is 3.16. The van der Waals surface area contributed by atoms with E-state index in [2.05, 4.69) is 45.1 Å². The van der Waals surface area contributed by atoms with E-state index in [0.29, 0.717) is 6.04 Å². The predicted octanol–water partition coefficient (Wildman–Crippen LogP) is 3.79. The summed E-state index contributed by atoms with van der Waals surface area (Å²) >= 11 is 0. The molecule has 0 spiro atoms. The molecule has 19 heavy (non-hydrogen) atoms. The van der Waals surface area contributed by atoms with Crippen LogP contribution in [-0.4, -0.2) is 20.8 Å². The second kappa shape index (κ2) is 6.80. The molecule has 1 aromatic carbocycles. The van der Waals surface area contributed by atoms with E-state index in [0.717, 1.165) is 24.5 Å². The van der Waals surface area contributed by atoms with Gasteiger partial charge in [-0.05, 0) is 36.1 Å². The Labute approximate surface area is 117 Å². The van der Waals surface area contributed by atoms with Gasteiger partial charge in [-0.3, -0.25) is 0 Å². The van der Waals surface area contributed by atoms with Gasteiger partial charge in [0.05, 0.1) is 14.2 Å². The van der Waals surface area contributed by atoms with Crippen molar-refractivity contribution in [2.75, 3.05) is 20.8 Å². The average molecular weight is 265 g/mol. The van der Waals surface area contributed by atoms with Crippen molar-refractivity contribution in [3.63, 3.8) is 0 Å². The summed E-state index contributed by atoms with van der Waals surface area (Å²) in [5.41, 5.74) is 1.43. The first-order valence-electron chi connectivity index (χ1n) is 6.95. The molecule has 0 radical (unpaired) electrons. The highest BCUT2D eigenvalue weighted by Gasteiger charge is 2.29. The summed E-state index contributed by atoms with van der Waals surface area (Å²) in [6.45, 7) is 9.89. The Bertz CT molecular complexity index is 402. The number of hydrogen-bond acceptors (Lipinski definition) is 3. The lowest BCUT2D eigenvalue weighted by atomic mass is 9.78. The van der Waals surface area contributed by atoms with Crippen LogP contribution in [0.1, 0.15) is 45.7 Å². The zero-order valence-electron chi connectivity index (χ0n) is 13.0. The van der Waals surface area contributed by atoms with Crippen LogP contribution in [0.4, 0.5) is 0 Å². The minimum absolute atomic E-state index is 0.190. The molecule has 0 aliphatic rings. The maximum Gasteiger partial charge on any atom is 0.161 e. The van der Waals surface area contributed by atoms with Gasteiger partial charge in [-0.1, -0.05) is 33.8 Å². The van der Waals surface area contributed by atoms with E-state index in [4.69, 9.17) is 9.47 Å². The first kappa shape index (κ1) is 15.8. The smallest absolute Gasteiger partial charge is 0.161 e. The van der Waals surface area contributed by atoms with Crippen LogP contribution >= 0.6 is 0 Å². The van der Waals surface area contributed by atoms with Gasteiger partial charge in [-0.25, -0.2) is 0 Å². The average Bonchev–Trinajstić information content (AvgIpc) is 2.43. The number of nitrogens with one attached hydrogen (secondary N) is 1. The van der Waals surface area contributed by atoms with Gasteiger partial charge in [-0.15, -0.1) is 0 Å². The summed E-state index contributed by atoms with van der Waals surface area (Å²) in [5, 5.41) is 3.58. The van der Waals surface area contributed by atoms with E-state index < -0.39 is 0 Å². The van der Waals surface area contributed by atoms with Crippen molar-refractivity contribution in [2.45, 2.75) is 40.2 Å². The molecule has 0 aliphatic carbocycles. The van der Waals surface area contributed by atoms with Gasteiger partial charge in [0.1, 0.15) is 0 Å². The Morgan fingerprint density at radius 1 is 1.11 bits per heavy atom. The highest BCUT2D eigenvalue weighted by molar-refractivity contribution is 5.44. The fourth-order valence-corrected chi connectivity index (χ4v) is 2.29. The van der Waals surface area contributed by atoms with Gasteiger partial charge >= 0.3 is 0 Å². The van der Waals surface area contributed by atoms with Crippen molar-refractivity contribution in [1.82, 2.24) is 5.32 Å². The molecule has 3 heteroatoms. The molecule has 0 saturated carbocycles. The molecule has 0 heterocycles. The molecule has 1 aromatic rings. The van der Waals surface area contributed by atoms with Crippen LogP contribution in [0, 0.1) is 5.41 Å². The van der Waals surface area contributed by atoms with Crippen LogP contribution in [0.2, 0.25) is 0 Å². The summed E-state index contributed by atoms with van der Waals surface area (Å²) in [6.07, 6.45) is 1.11. The molecule has 1 unspecified atom stereocenters. The monoisotopic (exact) mass is 265 g/mol.